The number of aryl methyl sites for hydroxylation is 1. The minimum absolute atomic E-state index is 0.0903. The maximum atomic E-state index is 13.1. The Bertz CT molecular complexity index is 2070. The predicted molar refractivity (Wildman–Crippen MR) is 205 cm³/mol. The van der Waals surface area contributed by atoms with Crippen LogP contribution in [0, 0.1) is 6.92 Å². The molecule has 54 heavy (non-hydrogen) atoms. The molecule has 2 N–H and O–H groups in total. The highest BCUT2D eigenvalue weighted by atomic mass is 16.5. The molecule has 12 nitrogen and oxygen atoms in total. The second kappa shape index (κ2) is 15.6. The number of carbonyl (C=O) groups excluding carboxylic acids is 4. The number of hydrogen-bond donors (Lipinski definition) is 2. The van der Waals surface area contributed by atoms with Gasteiger partial charge in [-0.1, -0.05) is 12.1 Å². The number of piperidine rings is 2. The van der Waals surface area contributed by atoms with Crippen molar-refractivity contribution in [1.82, 2.24) is 20.1 Å². The summed E-state index contributed by atoms with van der Waals surface area (Å²) in [5, 5.41) is 8.09. The molecule has 12 heteroatoms. The molecule has 3 saturated heterocycles. The second-order valence-corrected chi connectivity index (χ2v) is 14.8. The quantitative estimate of drug-likeness (QED) is 0.132. The van der Waals surface area contributed by atoms with Crippen LogP contribution in [0.3, 0.4) is 0 Å². The van der Waals surface area contributed by atoms with Crippen LogP contribution in [0.2, 0.25) is 0 Å². The van der Waals surface area contributed by atoms with Gasteiger partial charge in [-0.25, -0.2) is 0 Å². The number of pyridine rings is 1. The van der Waals surface area contributed by atoms with Crippen molar-refractivity contribution in [3.05, 3.63) is 89.7 Å². The van der Waals surface area contributed by atoms with Gasteiger partial charge < -0.3 is 24.6 Å². The van der Waals surface area contributed by atoms with Gasteiger partial charge in [-0.3, -0.25) is 34.4 Å². The zero-order chi connectivity index (χ0) is 37.2. The van der Waals surface area contributed by atoms with Gasteiger partial charge in [0.05, 0.1) is 29.9 Å². The van der Waals surface area contributed by atoms with E-state index in [0.29, 0.717) is 18.5 Å². The highest BCUT2D eigenvalue weighted by molar-refractivity contribution is 6.23. The molecule has 0 saturated carbocycles. The highest BCUT2D eigenvalue weighted by Gasteiger charge is 2.44. The third kappa shape index (κ3) is 7.67. The number of likely N-dealkylation sites (tertiary alicyclic amines) is 1. The SMILES string of the molecule is Cc1ccc(Nc2ccc3cnccc3c2)cc1N1CC(OC2CCN(CCCCCOc3ccc4c(c3)C(=O)N(C3CCC(=O)NC3=O)C4=O)CC2)C1. The number of imide groups is 2. The van der Waals surface area contributed by atoms with Crippen molar-refractivity contribution >= 4 is 51.5 Å². The zero-order valence-electron chi connectivity index (χ0n) is 30.6. The average Bonchev–Trinajstić information content (AvgIpc) is 3.40. The van der Waals surface area contributed by atoms with E-state index in [-0.39, 0.29) is 30.1 Å². The van der Waals surface area contributed by atoms with Gasteiger partial charge in [0.25, 0.3) is 11.8 Å². The smallest absolute Gasteiger partial charge is 0.262 e. The van der Waals surface area contributed by atoms with Crippen molar-refractivity contribution in [3.8, 4) is 5.75 Å². The van der Waals surface area contributed by atoms with E-state index in [1.807, 2.05) is 18.5 Å². The van der Waals surface area contributed by atoms with Crippen LogP contribution in [-0.4, -0.2) is 96.0 Å². The standard InChI is InChI=1S/C42H46N6O6/c1-27-5-7-31(44-30-8-6-29-24-43-16-13-28(29)21-30)22-38(27)47-25-34(26-47)54-32-14-18-46(19-15-32)17-3-2-4-20-53-33-9-10-35-36(23-33)42(52)48(41(35)51)37-11-12-39(49)45-40(37)50/h5-10,13,16,21-24,32,34,37,44H,2-4,11-12,14-15,17-20,25-26H2,1H3,(H,45,49,50). The number of rotatable bonds is 13. The number of unbranched alkanes of at least 4 members (excludes halogenated alkanes) is 2. The number of aromatic nitrogens is 1. The average molecular weight is 731 g/mol. The number of carbonyl (C=O) groups is 4. The van der Waals surface area contributed by atoms with E-state index in [0.717, 1.165) is 91.9 Å². The Morgan fingerprint density at radius 1 is 0.815 bits per heavy atom. The van der Waals surface area contributed by atoms with Crippen molar-refractivity contribution in [2.45, 2.75) is 70.1 Å². The molecule has 0 spiro atoms. The van der Waals surface area contributed by atoms with Crippen LogP contribution in [0.25, 0.3) is 10.8 Å². The predicted octanol–water partition coefficient (Wildman–Crippen LogP) is 5.61. The summed E-state index contributed by atoms with van der Waals surface area (Å²) in [6.45, 7) is 7.65. The van der Waals surface area contributed by atoms with E-state index in [1.54, 1.807) is 18.2 Å². The normalized spacial score (nSPS) is 19.6. The maximum absolute atomic E-state index is 13.1. The van der Waals surface area contributed by atoms with Gasteiger partial charge in [0.1, 0.15) is 11.8 Å². The third-order valence-electron chi connectivity index (χ3n) is 11.0. The molecule has 4 amide bonds. The number of nitrogens with zero attached hydrogens (tertiary/aromatic N) is 4. The third-order valence-corrected chi connectivity index (χ3v) is 11.0. The number of ether oxygens (including phenoxy) is 2. The molecule has 4 aliphatic heterocycles. The Kier molecular flexibility index (Phi) is 10.3. The first-order valence-electron chi connectivity index (χ1n) is 19.1. The van der Waals surface area contributed by atoms with Crippen LogP contribution in [0.15, 0.2) is 73.1 Å². The number of anilines is 3. The largest absolute Gasteiger partial charge is 0.494 e. The lowest BCUT2D eigenvalue weighted by Crippen LogP contribution is -2.54. The minimum atomic E-state index is -0.977. The van der Waals surface area contributed by atoms with Crippen LogP contribution in [0.1, 0.15) is 71.2 Å². The van der Waals surface area contributed by atoms with Crippen molar-refractivity contribution in [2.75, 3.05) is 49.5 Å². The lowest BCUT2D eigenvalue weighted by molar-refractivity contribution is -0.136. The van der Waals surface area contributed by atoms with Crippen LogP contribution < -0.4 is 20.3 Å². The summed E-state index contributed by atoms with van der Waals surface area (Å²) < 4.78 is 12.5. The Balaban J connectivity index is 0.714. The molecule has 1 aromatic heterocycles. The van der Waals surface area contributed by atoms with E-state index in [1.165, 1.54) is 11.3 Å². The molecular formula is C42H46N6O6. The Hall–Kier alpha value is -5.33. The minimum Gasteiger partial charge on any atom is -0.494 e. The molecule has 8 rings (SSSR count). The molecule has 0 radical (unpaired) electrons. The van der Waals surface area contributed by atoms with Crippen molar-refractivity contribution in [2.24, 2.45) is 0 Å². The first-order chi connectivity index (χ1) is 26.3. The van der Waals surface area contributed by atoms with Crippen LogP contribution in [0.4, 0.5) is 17.1 Å². The molecule has 1 unspecified atom stereocenters. The summed E-state index contributed by atoms with van der Waals surface area (Å²) >= 11 is 0. The van der Waals surface area contributed by atoms with E-state index in [9.17, 15) is 19.2 Å². The van der Waals surface area contributed by atoms with Gasteiger partial charge in [-0.05, 0) is 111 Å². The highest BCUT2D eigenvalue weighted by Crippen LogP contribution is 2.33. The summed E-state index contributed by atoms with van der Waals surface area (Å²) in [4.78, 5) is 60.0. The maximum Gasteiger partial charge on any atom is 0.262 e. The summed E-state index contributed by atoms with van der Waals surface area (Å²) in [6.07, 6.45) is 9.60. The van der Waals surface area contributed by atoms with E-state index in [2.05, 4.69) is 68.7 Å². The number of benzene rings is 3. The van der Waals surface area contributed by atoms with Gasteiger partial charge in [0.2, 0.25) is 11.8 Å². The summed E-state index contributed by atoms with van der Waals surface area (Å²) in [6, 6.07) is 18.8. The molecule has 0 bridgehead atoms. The molecule has 4 aliphatic rings. The number of hydrogen-bond acceptors (Lipinski definition) is 10. The second-order valence-electron chi connectivity index (χ2n) is 14.8. The van der Waals surface area contributed by atoms with Crippen LogP contribution >= 0.6 is 0 Å². The summed E-state index contributed by atoms with van der Waals surface area (Å²) in [7, 11) is 0. The molecule has 4 aromatic rings. The zero-order valence-corrected chi connectivity index (χ0v) is 30.6. The molecule has 3 fully saturated rings. The molecule has 5 heterocycles. The summed E-state index contributed by atoms with van der Waals surface area (Å²) in [5.74, 6) is -1.53. The van der Waals surface area contributed by atoms with E-state index >= 15 is 0 Å². The van der Waals surface area contributed by atoms with Crippen LogP contribution in [-0.2, 0) is 14.3 Å². The fraction of sp³-hybridized carbons (Fsp3) is 0.405. The fourth-order valence-corrected chi connectivity index (χ4v) is 7.96. The topological polar surface area (TPSA) is 133 Å². The lowest BCUT2D eigenvalue weighted by atomic mass is 10.0. The van der Waals surface area contributed by atoms with Crippen molar-refractivity contribution in [3.63, 3.8) is 0 Å². The van der Waals surface area contributed by atoms with Gasteiger partial charge in [0.15, 0.2) is 0 Å². The Morgan fingerprint density at radius 3 is 2.44 bits per heavy atom. The van der Waals surface area contributed by atoms with Gasteiger partial charge in [-0.15, -0.1) is 0 Å². The molecule has 0 aliphatic carbocycles. The number of nitrogens with one attached hydrogen (secondary N) is 2. The van der Waals surface area contributed by atoms with Gasteiger partial charge in [0, 0.05) is 67.4 Å². The molecule has 280 valence electrons. The molecule has 3 aromatic carbocycles. The first-order valence-corrected chi connectivity index (χ1v) is 19.1. The number of amides is 4. The molecular weight excluding hydrogens is 684 g/mol. The van der Waals surface area contributed by atoms with E-state index < -0.39 is 29.7 Å². The number of fused-ring (bicyclic) bond motifs is 2. The van der Waals surface area contributed by atoms with E-state index in [4.69, 9.17) is 9.47 Å². The van der Waals surface area contributed by atoms with Crippen LogP contribution in [0.5, 0.6) is 5.75 Å². The summed E-state index contributed by atoms with van der Waals surface area (Å²) in [5.41, 5.74) is 5.13. The van der Waals surface area contributed by atoms with Crippen molar-refractivity contribution in [1.29, 1.82) is 0 Å². The fourth-order valence-electron chi connectivity index (χ4n) is 7.96. The molecule has 1 atom stereocenters. The van der Waals surface area contributed by atoms with Gasteiger partial charge in [-0.2, -0.15) is 0 Å². The lowest BCUT2D eigenvalue weighted by Gasteiger charge is -2.44. The Labute approximate surface area is 314 Å². The van der Waals surface area contributed by atoms with Crippen molar-refractivity contribution < 1.29 is 28.7 Å². The van der Waals surface area contributed by atoms with Gasteiger partial charge >= 0.3 is 0 Å². The first kappa shape index (κ1) is 35.7. The Morgan fingerprint density at radius 2 is 1.61 bits per heavy atom. The monoisotopic (exact) mass is 730 g/mol.